The number of ether oxygens (including phenoxy) is 2. The summed E-state index contributed by atoms with van der Waals surface area (Å²) in [6.45, 7) is 7.05. The van der Waals surface area contributed by atoms with Gasteiger partial charge < -0.3 is 9.47 Å². The summed E-state index contributed by atoms with van der Waals surface area (Å²) in [6, 6.07) is -0.102. The number of carbonyl (C=O) groups excluding carboxylic acids is 2. The molecule has 0 saturated carbocycles. The summed E-state index contributed by atoms with van der Waals surface area (Å²) in [4.78, 5) is 23.9. The van der Waals surface area contributed by atoms with E-state index >= 15 is 0 Å². The zero-order valence-electron chi connectivity index (χ0n) is 9.94. The smallest absolute Gasteiger partial charge is 0.410 e. The first kappa shape index (κ1) is 13.7. The third-order valence-corrected chi connectivity index (χ3v) is 1.72. The van der Waals surface area contributed by atoms with Gasteiger partial charge in [-0.1, -0.05) is 0 Å². The Morgan fingerprint density at radius 2 is 1.73 bits per heavy atom. The van der Waals surface area contributed by atoms with E-state index in [2.05, 4.69) is 4.74 Å². The molecule has 0 saturated heterocycles. The molecule has 0 aromatic rings. The number of carbonyl (C=O) groups is 2. The second-order valence-corrected chi connectivity index (χ2v) is 3.73. The van der Waals surface area contributed by atoms with Crippen LogP contribution in [0.2, 0.25) is 0 Å². The minimum absolute atomic E-state index is 0.0836. The molecule has 1 amide bonds. The highest BCUT2D eigenvalue weighted by Gasteiger charge is 2.22. The van der Waals surface area contributed by atoms with Crippen LogP contribution < -0.4 is 0 Å². The molecule has 0 heterocycles. The van der Waals surface area contributed by atoms with Crippen LogP contribution in [0.4, 0.5) is 4.79 Å². The Bertz CT molecular complexity index is 225. The molecular weight excluding hydrogens is 198 g/mol. The number of esters is 1. The molecule has 0 N–H and O–H groups in total. The van der Waals surface area contributed by atoms with Crippen LogP contribution >= 0.6 is 0 Å². The van der Waals surface area contributed by atoms with E-state index < -0.39 is 12.1 Å². The topological polar surface area (TPSA) is 55.8 Å². The van der Waals surface area contributed by atoms with Gasteiger partial charge in [0, 0.05) is 6.04 Å². The second kappa shape index (κ2) is 6.27. The number of amides is 1. The first-order valence-electron chi connectivity index (χ1n) is 4.92. The second-order valence-electron chi connectivity index (χ2n) is 3.73. The minimum atomic E-state index is -0.495. The average Bonchev–Trinajstić information content (AvgIpc) is 2.11. The summed E-state index contributed by atoms with van der Waals surface area (Å²) >= 11 is 0. The Hall–Kier alpha value is -1.26. The van der Waals surface area contributed by atoms with Crippen LogP contribution in [0.3, 0.4) is 0 Å². The van der Waals surface area contributed by atoms with Crippen molar-refractivity contribution in [3.05, 3.63) is 0 Å². The summed E-state index contributed by atoms with van der Waals surface area (Å²) < 4.78 is 9.50. The first-order chi connectivity index (χ1) is 6.88. The van der Waals surface area contributed by atoms with E-state index in [1.54, 1.807) is 13.8 Å². The van der Waals surface area contributed by atoms with Gasteiger partial charge in [0.25, 0.3) is 0 Å². The van der Waals surface area contributed by atoms with Crippen molar-refractivity contribution in [3.63, 3.8) is 0 Å². The molecule has 0 rings (SSSR count). The number of nitrogens with zero attached hydrogens (tertiary/aromatic N) is 1. The van der Waals surface area contributed by atoms with Crippen molar-refractivity contribution in [1.29, 1.82) is 0 Å². The highest BCUT2D eigenvalue weighted by Crippen LogP contribution is 2.04. The molecule has 0 atom stereocenters. The summed E-state index contributed by atoms with van der Waals surface area (Å²) in [5.41, 5.74) is 0. The van der Waals surface area contributed by atoms with Crippen LogP contribution in [-0.2, 0) is 14.3 Å². The molecule has 0 aliphatic heterocycles. The van der Waals surface area contributed by atoms with Crippen molar-refractivity contribution in [2.75, 3.05) is 13.7 Å². The Balaban J connectivity index is 4.39. The predicted molar refractivity (Wildman–Crippen MR) is 55.5 cm³/mol. The molecule has 88 valence electrons. The number of methoxy groups -OCH3 is 1. The molecule has 0 spiro atoms. The number of rotatable bonds is 4. The lowest BCUT2D eigenvalue weighted by molar-refractivity contribution is -0.142. The lowest BCUT2D eigenvalue weighted by Gasteiger charge is -2.25. The molecule has 0 unspecified atom stereocenters. The Morgan fingerprint density at radius 1 is 1.20 bits per heavy atom. The van der Waals surface area contributed by atoms with Crippen molar-refractivity contribution in [2.45, 2.75) is 39.8 Å². The maximum absolute atomic E-state index is 11.5. The van der Waals surface area contributed by atoms with Gasteiger partial charge in [0.15, 0.2) is 0 Å². The monoisotopic (exact) mass is 217 g/mol. The van der Waals surface area contributed by atoms with Crippen molar-refractivity contribution >= 4 is 12.1 Å². The van der Waals surface area contributed by atoms with Crippen LogP contribution in [0.25, 0.3) is 0 Å². The van der Waals surface area contributed by atoms with Crippen molar-refractivity contribution in [3.8, 4) is 0 Å². The van der Waals surface area contributed by atoms with Crippen LogP contribution in [0.15, 0.2) is 0 Å². The van der Waals surface area contributed by atoms with Gasteiger partial charge in [-0.3, -0.25) is 9.69 Å². The third-order valence-electron chi connectivity index (χ3n) is 1.72. The van der Waals surface area contributed by atoms with Crippen LogP contribution in [-0.4, -0.2) is 42.8 Å². The van der Waals surface area contributed by atoms with Crippen molar-refractivity contribution in [2.24, 2.45) is 0 Å². The summed E-state index contributed by atoms with van der Waals surface area (Å²) in [5, 5.41) is 0. The maximum Gasteiger partial charge on any atom is 0.410 e. The van der Waals surface area contributed by atoms with Gasteiger partial charge in [-0.2, -0.15) is 0 Å². The Kier molecular flexibility index (Phi) is 5.74. The molecule has 0 aliphatic rings. The van der Waals surface area contributed by atoms with E-state index in [1.165, 1.54) is 12.0 Å². The molecule has 5 heteroatoms. The zero-order chi connectivity index (χ0) is 12.0. The largest absolute Gasteiger partial charge is 0.468 e. The standard InChI is InChI=1S/C10H19NO4/c1-7(2)11(6-9(12)14-5)10(13)15-8(3)4/h7-8H,6H2,1-5H3. The third kappa shape index (κ3) is 5.24. The molecule has 0 radical (unpaired) electrons. The van der Waals surface area contributed by atoms with E-state index in [0.717, 1.165) is 0 Å². The van der Waals surface area contributed by atoms with Gasteiger partial charge in [-0.25, -0.2) is 4.79 Å². The van der Waals surface area contributed by atoms with E-state index in [-0.39, 0.29) is 18.7 Å². The number of hydrogen-bond acceptors (Lipinski definition) is 4. The summed E-state index contributed by atoms with van der Waals surface area (Å²) in [6.07, 6.45) is -0.693. The molecule has 0 aromatic heterocycles. The van der Waals surface area contributed by atoms with Gasteiger partial charge >= 0.3 is 12.1 Å². The van der Waals surface area contributed by atoms with Crippen LogP contribution in [0.5, 0.6) is 0 Å². The van der Waals surface area contributed by atoms with E-state index in [9.17, 15) is 9.59 Å². The van der Waals surface area contributed by atoms with Crippen LogP contribution in [0, 0.1) is 0 Å². The highest BCUT2D eigenvalue weighted by atomic mass is 16.6. The van der Waals surface area contributed by atoms with Gasteiger partial charge in [-0.15, -0.1) is 0 Å². The predicted octanol–water partition coefficient (Wildman–Crippen LogP) is 1.41. The molecule has 0 aromatic carbocycles. The molecule has 5 nitrogen and oxygen atoms in total. The van der Waals surface area contributed by atoms with Crippen LogP contribution in [0.1, 0.15) is 27.7 Å². The number of hydrogen-bond donors (Lipinski definition) is 0. The van der Waals surface area contributed by atoms with Crippen molar-refractivity contribution < 1.29 is 19.1 Å². The van der Waals surface area contributed by atoms with Gasteiger partial charge in [0.1, 0.15) is 6.54 Å². The lowest BCUT2D eigenvalue weighted by Crippen LogP contribution is -2.42. The fraction of sp³-hybridized carbons (Fsp3) is 0.800. The highest BCUT2D eigenvalue weighted by molar-refractivity contribution is 5.78. The molecule has 0 aliphatic carbocycles. The SMILES string of the molecule is COC(=O)CN(C(=O)OC(C)C)C(C)C. The quantitative estimate of drug-likeness (QED) is 0.668. The summed E-state index contributed by atoms with van der Waals surface area (Å²) in [7, 11) is 1.29. The van der Waals surface area contributed by atoms with E-state index in [4.69, 9.17) is 4.74 Å². The lowest BCUT2D eigenvalue weighted by atomic mass is 10.3. The molecular formula is C10H19NO4. The summed E-state index contributed by atoms with van der Waals surface area (Å²) in [5.74, 6) is -0.454. The van der Waals surface area contributed by atoms with Gasteiger partial charge in [0.2, 0.25) is 0 Å². The molecule has 0 fully saturated rings. The maximum atomic E-state index is 11.5. The van der Waals surface area contributed by atoms with Crippen molar-refractivity contribution in [1.82, 2.24) is 4.90 Å². The van der Waals surface area contributed by atoms with Gasteiger partial charge in [-0.05, 0) is 27.7 Å². The Morgan fingerprint density at radius 3 is 2.07 bits per heavy atom. The molecule has 0 bridgehead atoms. The average molecular weight is 217 g/mol. The Labute approximate surface area is 90.3 Å². The zero-order valence-corrected chi connectivity index (χ0v) is 9.94. The van der Waals surface area contributed by atoms with Gasteiger partial charge in [0.05, 0.1) is 13.2 Å². The minimum Gasteiger partial charge on any atom is -0.468 e. The van der Waals surface area contributed by atoms with E-state index in [0.29, 0.717) is 0 Å². The first-order valence-corrected chi connectivity index (χ1v) is 4.92. The fourth-order valence-electron chi connectivity index (χ4n) is 0.931. The fourth-order valence-corrected chi connectivity index (χ4v) is 0.931. The normalized spacial score (nSPS) is 10.3. The molecule has 15 heavy (non-hydrogen) atoms. The van der Waals surface area contributed by atoms with E-state index in [1.807, 2.05) is 13.8 Å².